The minimum Gasteiger partial charge on any atom is -0.396 e. The second-order valence-corrected chi connectivity index (χ2v) is 14.2. The van der Waals surface area contributed by atoms with Crippen LogP contribution in [0.25, 0.3) is 0 Å². The Kier molecular flexibility index (Phi) is 12.4. The van der Waals surface area contributed by atoms with Gasteiger partial charge in [0.2, 0.25) is 0 Å². The highest BCUT2D eigenvalue weighted by molar-refractivity contribution is 5.15. The summed E-state index contributed by atoms with van der Waals surface area (Å²) in [5.74, 6) is -1.54. The molecule has 2 unspecified atom stereocenters. The number of aliphatic hydroxyl groups excluding tert-OH is 2. The third-order valence-electron chi connectivity index (χ3n) is 9.46. The Hall–Kier alpha value is -2.04. The van der Waals surface area contributed by atoms with Gasteiger partial charge in [0.1, 0.15) is 36.6 Å². The number of hydrogen-bond donors (Lipinski definition) is 4. The Morgan fingerprint density at radius 1 is 0.633 bits per heavy atom. The van der Waals surface area contributed by atoms with Crippen LogP contribution in [0.2, 0.25) is 0 Å². The predicted molar refractivity (Wildman–Crippen MR) is 179 cm³/mol. The Labute approximate surface area is 289 Å². The van der Waals surface area contributed by atoms with E-state index >= 15 is 0 Å². The fraction of sp³-hybridized carbons (Fsp3) is 0.676. The summed E-state index contributed by atoms with van der Waals surface area (Å²) in [6, 6.07) is 19.6. The van der Waals surface area contributed by atoms with Crippen LogP contribution in [0.3, 0.4) is 0 Å². The summed E-state index contributed by atoms with van der Waals surface area (Å²) in [6.45, 7) is 9.62. The molecule has 2 aromatic rings. The van der Waals surface area contributed by atoms with E-state index in [0.717, 1.165) is 17.5 Å². The molecule has 4 fully saturated rings. The van der Waals surface area contributed by atoms with Gasteiger partial charge in [-0.1, -0.05) is 60.7 Å². The molecule has 4 aliphatic rings. The fourth-order valence-electron chi connectivity index (χ4n) is 7.28. The van der Waals surface area contributed by atoms with E-state index in [9.17, 15) is 10.2 Å². The van der Waals surface area contributed by atoms with Crippen LogP contribution in [0.5, 0.6) is 0 Å². The second kappa shape index (κ2) is 16.5. The molecule has 6 rings (SSSR count). The van der Waals surface area contributed by atoms with Crippen molar-refractivity contribution in [3.63, 3.8) is 0 Å². The van der Waals surface area contributed by atoms with Crippen molar-refractivity contribution in [2.24, 2.45) is 0 Å². The van der Waals surface area contributed by atoms with E-state index in [1.165, 1.54) is 0 Å². The highest BCUT2D eigenvalue weighted by Gasteiger charge is 2.58. The van der Waals surface area contributed by atoms with Crippen LogP contribution in [-0.4, -0.2) is 109 Å². The summed E-state index contributed by atoms with van der Waals surface area (Å²) < 4.78 is 50.3. The topological polar surface area (TPSA) is 138 Å². The average molecular weight is 687 g/mol. The molecule has 4 N–H and O–H groups in total. The van der Waals surface area contributed by atoms with E-state index in [4.69, 9.17) is 37.9 Å². The number of hydrogen-bond acceptors (Lipinski definition) is 12. The molecule has 272 valence electrons. The van der Waals surface area contributed by atoms with Gasteiger partial charge in [0.25, 0.3) is 0 Å². The third kappa shape index (κ3) is 9.26. The zero-order valence-electron chi connectivity index (χ0n) is 29.1. The first-order valence-corrected chi connectivity index (χ1v) is 17.7. The van der Waals surface area contributed by atoms with Gasteiger partial charge < -0.3 is 58.7 Å². The summed E-state index contributed by atoms with van der Waals surface area (Å²) in [7, 11) is 0. The molecule has 4 aliphatic heterocycles. The van der Waals surface area contributed by atoms with Gasteiger partial charge >= 0.3 is 0 Å². The van der Waals surface area contributed by atoms with Crippen molar-refractivity contribution in [2.75, 3.05) is 26.3 Å². The van der Waals surface area contributed by atoms with Crippen molar-refractivity contribution in [2.45, 2.75) is 133 Å². The van der Waals surface area contributed by atoms with E-state index in [2.05, 4.69) is 10.6 Å². The van der Waals surface area contributed by atoms with Gasteiger partial charge in [-0.3, -0.25) is 0 Å². The van der Waals surface area contributed by atoms with Gasteiger partial charge in [-0.05, 0) is 71.2 Å². The third-order valence-corrected chi connectivity index (χ3v) is 9.46. The molecular formula is C37H54N2O10. The van der Waals surface area contributed by atoms with Crippen molar-refractivity contribution in [3.8, 4) is 0 Å². The molecule has 10 atom stereocenters. The summed E-state index contributed by atoms with van der Waals surface area (Å²) in [6.07, 6.45) is -1.66. The summed E-state index contributed by atoms with van der Waals surface area (Å²) >= 11 is 0. The summed E-state index contributed by atoms with van der Waals surface area (Å²) in [5.41, 5.74) is 2.12. The lowest BCUT2D eigenvalue weighted by Gasteiger charge is -2.32. The largest absolute Gasteiger partial charge is 0.396 e. The van der Waals surface area contributed by atoms with Crippen LogP contribution in [0.1, 0.15) is 58.1 Å². The maximum atomic E-state index is 9.99. The van der Waals surface area contributed by atoms with Crippen molar-refractivity contribution in [3.05, 3.63) is 71.8 Å². The molecule has 0 bridgehead atoms. The van der Waals surface area contributed by atoms with E-state index in [1.807, 2.05) is 88.4 Å². The van der Waals surface area contributed by atoms with E-state index < -0.39 is 24.2 Å². The maximum absolute atomic E-state index is 9.99. The van der Waals surface area contributed by atoms with Gasteiger partial charge in [0.05, 0.1) is 13.2 Å². The van der Waals surface area contributed by atoms with E-state index in [1.54, 1.807) is 0 Å². The molecule has 0 spiro atoms. The first kappa shape index (κ1) is 36.7. The Bertz CT molecular complexity index is 1190. The highest BCUT2D eigenvalue weighted by Crippen LogP contribution is 2.41. The molecule has 0 aliphatic carbocycles. The number of nitrogens with one attached hydrogen (secondary N) is 2. The molecular weight excluding hydrogens is 632 g/mol. The number of fused-ring (bicyclic) bond motifs is 2. The maximum Gasteiger partial charge on any atom is 0.190 e. The van der Waals surface area contributed by atoms with Crippen molar-refractivity contribution >= 4 is 0 Å². The lowest BCUT2D eigenvalue weighted by atomic mass is 10.00. The first-order chi connectivity index (χ1) is 23.7. The lowest BCUT2D eigenvalue weighted by molar-refractivity contribution is -0.223. The van der Waals surface area contributed by atoms with Gasteiger partial charge in [0.15, 0.2) is 24.2 Å². The van der Waals surface area contributed by atoms with Gasteiger partial charge in [-0.15, -0.1) is 0 Å². The minimum atomic E-state index is -0.771. The monoisotopic (exact) mass is 686 g/mol. The van der Waals surface area contributed by atoms with Crippen LogP contribution in [-0.2, 0) is 51.1 Å². The highest BCUT2D eigenvalue weighted by atomic mass is 16.9. The van der Waals surface area contributed by atoms with Crippen molar-refractivity contribution < 1.29 is 48.1 Å². The van der Waals surface area contributed by atoms with Gasteiger partial charge in [0, 0.05) is 25.3 Å². The molecule has 2 aromatic carbocycles. The lowest BCUT2D eigenvalue weighted by Crippen LogP contribution is -2.51. The number of rotatable bonds is 18. The van der Waals surface area contributed by atoms with Gasteiger partial charge in [-0.25, -0.2) is 0 Å². The predicted octanol–water partition coefficient (Wildman–Crippen LogP) is 2.98. The van der Waals surface area contributed by atoms with E-state index in [-0.39, 0.29) is 61.9 Å². The zero-order chi connectivity index (χ0) is 34.4. The van der Waals surface area contributed by atoms with Crippen LogP contribution in [0.15, 0.2) is 60.7 Å². The Morgan fingerprint density at radius 2 is 1.04 bits per heavy atom. The van der Waals surface area contributed by atoms with Crippen molar-refractivity contribution in [1.82, 2.24) is 10.6 Å². The molecule has 0 amide bonds. The molecule has 49 heavy (non-hydrogen) atoms. The number of ether oxygens (including phenoxy) is 8. The van der Waals surface area contributed by atoms with Crippen LogP contribution in [0.4, 0.5) is 0 Å². The standard InChI is InChI=1S/C37H54N2O10/c1-36(2)46-32-30(42-22-24-12-7-5-8-13-24)28(44-34(32)48-36)26(16-20-40)38-18-11-19-39-27(17-21-41)29-31(43-23-25-14-9-6-10-15-25)33-35(45-29)49-37(3,4)47-33/h5-10,12-15,26-35,38-41H,11,16-23H2,1-4H3/t26-,27-,28?,29?,30-,31-,32+,33+,34+,35+/m0/s1. The zero-order valence-corrected chi connectivity index (χ0v) is 29.1. The van der Waals surface area contributed by atoms with Crippen LogP contribution < -0.4 is 10.6 Å². The SMILES string of the molecule is CC1(C)O[C@H]2OC([C@H](CCO)NCCCN[C@@H](CCO)C3O[C@@H]4OC(C)(C)O[C@@H]4[C@H]3OCc3ccccc3)[C@H](OCc3ccccc3)[C@H]2O1. The van der Waals surface area contributed by atoms with Crippen LogP contribution >= 0.6 is 0 Å². The summed E-state index contributed by atoms with van der Waals surface area (Å²) in [5, 5.41) is 27.2. The van der Waals surface area contributed by atoms with Crippen molar-refractivity contribution in [1.29, 1.82) is 0 Å². The molecule has 12 nitrogen and oxygen atoms in total. The Morgan fingerprint density at radius 3 is 1.43 bits per heavy atom. The van der Waals surface area contributed by atoms with E-state index in [0.29, 0.717) is 39.1 Å². The minimum absolute atomic E-state index is 0.00499. The molecule has 12 heteroatoms. The molecule has 4 heterocycles. The second-order valence-electron chi connectivity index (χ2n) is 14.2. The molecule has 4 saturated heterocycles. The first-order valence-electron chi connectivity index (χ1n) is 17.7. The molecule has 0 saturated carbocycles. The number of benzene rings is 2. The average Bonchev–Trinajstić information content (AvgIpc) is 3.77. The molecule has 0 aromatic heterocycles. The number of aliphatic hydroxyl groups is 2. The fourth-order valence-corrected chi connectivity index (χ4v) is 7.28. The smallest absolute Gasteiger partial charge is 0.190 e. The quantitative estimate of drug-likeness (QED) is 0.172. The summed E-state index contributed by atoms with van der Waals surface area (Å²) in [4.78, 5) is 0. The normalized spacial score (nSPS) is 32.6. The Balaban J connectivity index is 1.04. The van der Waals surface area contributed by atoms with Crippen LogP contribution in [0, 0.1) is 0 Å². The van der Waals surface area contributed by atoms with Gasteiger partial charge in [-0.2, -0.15) is 0 Å². The molecule has 0 radical (unpaired) electrons.